The molecule has 0 unspecified atom stereocenters. The van der Waals surface area contributed by atoms with E-state index in [2.05, 4.69) is 19.4 Å². The van der Waals surface area contributed by atoms with Crippen LogP contribution in [-0.2, 0) is 20.0 Å². The molecule has 1 heterocycles. The van der Waals surface area contributed by atoms with Gasteiger partial charge < -0.3 is 4.74 Å². The molecule has 3 aromatic rings. The van der Waals surface area contributed by atoms with E-state index in [-0.39, 0.29) is 21.8 Å². The first-order chi connectivity index (χ1) is 14.3. The molecule has 1 aliphatic carbocycles. The van der Waals surface area contributed by atoms with Gasteiger partial charge in [-0.3, -0.25) is 4.72 Å². The molecule has 1 aliphatic rings. The highest BCUT2D eigenvalue weighted by Gasteiger charge is 2.28. The summed E-state index contributed by atoms with van der Waals surface area (Å²) in [4.78, 5) is 7.87. The lowest BCUT2D eigenvalue weighted by atomic mass is 10.3. The second-order valence-corrected chi connectivity index (χ2v) is 10.0. The van der Waals surface area contributed by atoms with Crippen molar-refractivity contribution in [2.24, 2.45) is 0 Å². The van der Waals surface area contributed by atoms with Crippen LogP contribution in [-0.4, -0.2) is 32.8 Å². The smallest absolute Gasteiger partial charge is 0.321 e. The minimum atomic E-state index is -3.89. The fourth-order valence-electron chi connectivity index (χ4n) is 2.54. The summed E-state index contributed by atoms with van der Waals surface area (Å²) in [5.74, 6) is 0.446. The van der Waals surface area contributed by atoms with E-state index in [4.69, 9.17) is 4.74 Å². The van der Waals surface area contributed by atoms with Gasteiger partial charge in [-0.05, 0) is 67.4 Å². The number of hydrogen-bond acceptors (Lipinski definition) is 7. The van der Waals surface area contributed by atoms with Crippen LogP contribution < -0.4 is 14.2 Å². The molecule has 1 aromatic heterocycles. The average Bonchev–Trinajstić information content (AvgIpc) is 3.53. The fourth-order valence-corrected chi connectivity index (χ4v) is 4.90. The van der Waals surface area contributed by atoms with Crippen molar-refractivity contribution in [2.45, 2.75) is 28.7 Å². The Morgan fingerprint density at radius 3 is 1.93 bits per heavy atom. The number of benzene rings is 2. The first kappa shape index (κ1) is 20.3. The third-order valence-corrected chi connectivity index (χ3v) is 7.13. The minimum absolute atomic E-state index is 0.0259. The van der Waals surface area contributed by atoms with Gasteiger partial charge in [0.25, 0.3) is 10.0 Å². The quantitative estimate of drug-likeness (QED) is 0.544. The molecule has 1 fully saturated rings. The minimum Gasteiger partial charge on any atom is -0.424 e. The summed E-state index contributed by atoms with van der Waals surface area (Å²) in [6.45, 7) is 0. The van der Waals surface area contributed by atoms with Gasteiger partial charge in [-0.1, -0.05) is 0 Å². The molecule has 1 saturated carbocycles. The van der Waals surface area contributed by atoms with Gasteiger partial charge in [0, 0.05) is 24.1 Å². The van der Waals surface area contributed by atoms with Crippen molar-refractivity contribution < 1.29 is 21.6 Å². The third-order valence-electron chi connectivity index (χ3n) is 4.20. The number of anilines is 1. The predicted octanol–water partition coefficient (Wildman–Crippen LogP) is 2.51. The number of nitrogens with one attached hydrogen (secondary N) is 2. The summed E-state index contributed by atoms with van der Waals surface area (Å²) < 4.78 is 60.1. The van der Waals surface area contributed by atoms with Crippen LogP contribution in [0.3, 0.4) is 0 Å². The highest BCUT2D eigenvalue weighted by molar-refractivity contribution is 7.92. The monoisotopic (exact) mass is 446 g/mol. The van der Waals surface area contributed by atoms with Crippen LogP contribution in [0.1, 0.15) is 12.8 Å². The Labute approximate surface area is 174 Å². The van der Waals surface area contributed by atoms with E-state index in [1.54, 1.807) is 30.6 Å². The van der Waals surface area contributed by atoms with E-state index < -0.39 is 20.0 Å². The van der Waals surface area contributed by atoms with Crippen LogP contribution in [0.5, 0.6) is 11.8 Å². The van der Waals surface area contributed by atoms with Crippen molar-refractivity contribution in [3.05, 3.63) is 67.0 Å². The third kappa shape index (κ3) is 4.93. The van der Waals surface area contributed by atoms with Gasteiger partial charge in [-0.15, -0.1) is 0 Å². The lowest BCUT2D eigenvalue weighted by Crippen LogP contribution is -2.25. The Morgan fingerprint density at radius 1 is 0.800 bits per heavy atom. The molecule has 9 nitrogen and oxygen atoms in total. The molecule has 0 radical (unpaired) electrons. The maximum absolute atomic E-state index is 12.6. The second-order valence-electron chi connectivity index (χ2n) is 6.63. The largest absolute Gasteiger partial charge is 0.424 e. The summed E-state index contributed by atoms with van der Waals surface area (Å²) in [7, 11) is -7.53. The molecule has 30 heavy (non-hydrogen) atoms. The van der Waals surface area contributed by atoms with Crippen LogP contribution in [0.25, 0.3) is 0 Å². The molecule has 0 aliphatic heterocycles. The number of hydrogen-bond donors (Lipinski definition) is 2. The summed E-state index contributed by atoms with van der Waals surface area (Å²) in [6.07, 6.45) is 4.72. The Kier molecular flexibility index (Phi) is 5.41. The van der Waals surface area contributed by atoms with E-state index in [9.17, 15) is 16.8 Å². The molecule has 0 saturated heterocycles. The Morgan fingerprint density at radius 2 is 1.37 bits per heavy atom. The average molecular weight is 447 g/mol. The summed E-state index contributed by atoms with van der Waals surface area (Å²) >= 11 is 0. The zero-order valence-electron chi connectivity index (χ0n) is 15.6. The maximum atomic E-state index is 12.6. The second kappa shape index (κ2) is 8.01. The normalized spacial score (nSPS) is 14.3. The van der Waals surface area contributed by atoms with E-state index in [1.807, 2.05) is 0 Å². The van der Waals surface area contributed by atoms with Crippen LogP contribution in [0.2, 0.25) is 0 Å². The van der Waals surface area contributed by atoms with Crippen LogP contribution in [0, 0.1) is 0 Å². The highest BCUT2D eigenvalue weighted by atomic mass is 32.2. The SMILES string of the molecule is O=S(=O)(Nc1ccc(Oc2ncccn2)cc1)c1ccc(S(=O)(=O)NC2CC2)cc1. The van der Waals surface area contributed by atoms with Crippen molar-refractivity contribution >= 4 is 25.7 Å². The van der Waals surface area contributed by atoms with E-state index in [1.165, 1.54) is 36.4 Å². The molecular formula is C19H18N4O5S2. The number of ether oxygens (including phenoxy) is 1. The van der Waals surface area contributed by atoms with Gasteiger partial charge in [-0.2, -0.15) is 0 Å². The molecule has 11 heteroatoms. The number of sulfonamides is 2. The van der Waals surface area contributed by atoms with E-state index >= 15 is 0 Å². The zero-order valence-corrected chi connectivity index (χ0v) is 17.2. The molecule has 0 amide bonds. The van der Waals surface area contributed by atoms with Gasteiger partial charge in [0.05, 0.1) is 9.79 Å². The maximum Gasteiger partial charge on any atom is 0.321 e. The summed E-state index contributed by atoms with van der Waals surface area (Å²) in [5.41, 5.74) is 0.323. The molecular weight excluding hydrogens is 428 g/mol. The number of nitrogens with zero attached hydrogens (tertiary/aromatic N) is 2. The van der Waals surface area contributed by atoms with E-state index in [0.717, 1.165) is 12.8 Å². The molecule has 0 bridgehead atoms. The Bertz CT molecular complexity index is 1230. The topological polar surface area (TPSA) is 127 Å². The van der Waals surface area contributed by atoms with Crippen LogP contribution >= 0.6 is 0 Å². The van der Waals surface area contributed by atoms with Crippen molar-refractivity contribution in [3.63, 3.8) is 0 Å². The Hall–Kier alpha value is -3.02. The molecule has 0 spiro atoms. The lowest BCUT2D eigenvalue weighted by Gasteiger charge is -2.10. The van der Waals surface area contributed by atoms with Crippen LogP contribution in [0.4, 0.5) is 5.69 Å². The molecule has 2 N–H and O–H groups in total. The van der Waals surface area contributed by atoms with Crippen molar-refractivity contribution in [1.29, 1.82) is 0 Å². The first-order valence-corrected chi connectivity index (χ1v) is 12.0. The molecule has 4 rings (SSSR count). The Balaban J connectivity index is 1.44. The van der Waals surface area contributed by atoms with Gasteiger partial charge in [0.2, 0.25) is 10.0 Å². The van der Waals surface area contributed by atoms with Crippen molar-refractivity contribution in [3.8, 4) is 11.8 Å². The molecule has 156 valence electrons. The number of aromatic nitrogens is 2. The van der Waals surface area contributed by atoms with Gasteiger partial charge >= 0.3 is 6.01 Å². The van der Waals surface area contributed by atoms with Crippen molar-refractivity contribution in [2.75, 3.05) is 4.72 Å². The van der Waals surface area contributed by atoms with E-state index in [0.29, 0.717) is 11.4 Å². The summed E-state index contributed by atoms with van der Waals surface area (Å²) in [6, 6.07) is 13.1. The van der Waals surface area contributed by atoms with Gasteiger partial charge in [0.15, 0.2) is 0 Å². The summed E-state index contributed by atoms with van der Waals surface area (Å²) in [5, 5.41) is 0. The predicted molar refractivity (Wildman–Crippen MR) is 109 cm³/mol. The molecule has 0 atom stereocenters. The van der Waals surface area contributed by atoms with Gasteiger partial charge in [-0.25, -0.2) is 31.5 Å². The van der Waals surface area contributed by atoms with Crippen LogP contribution in [0.15, 0.2) is 76.8 Å². The number of rotatable bonds is 8. The fraction of sp³-hybridized carbons (Fsp3) is 0.158. The highest BCUT2D eigenvalue weighted by Crippen LogP contribution is 2.24. The van der Waals surface area contributed by atoms with Gasteiger partial charge in [0.1, 0.15) is 5.75 Å². The standard InChI is InChI=1S/C19H18N4O5S2/c24-29(25,22-14-2-3-14)17-8-10-18(11-9-17)30(26,27)23-15-4-6-16(7-5-15)28-19-20-12-1-13-21-19/h1,4-14,22-23H,2-3H2. The lowest BCUT2D eigenvalue weighted by molar-refractivity contribution is 0.442. The molecule has 2 aromatic carbocycles. The zero-order chi connectivity index (χ0) is 21.2. The van der Waals surface area contributed by atoms with Crippen molar-refractivity contribution in [1.82, 2.24) is 14.7 Å². The first-order valence-electron chi connectivity index (χ1n) is 9.02.